The van der Waals surface area contributed by atoms with Crippen molar-refractivity contribution in [2.24, 2.45) is 9.98 Å². The summed E-state index contributed by atoms with van der Waals surface area (Å²) >= 11 is 0. The van der Waals surface area contributed by atoms with E-state index < -0.39 is 57.5 Å². The van der Waals surface area contributed by atoms with Gasteiger partial charge in [-0.1, -0.05) is 0 Å². The normalized spacial score (nSPS) is 17.5. The molecule has 1 aromatic carbocycles. The number of aliphatic imine (C=N–C) groups is 2. The fourth-order valence-corrected chi connectivity index (χ4v) is 1.81. The van der Waals surface area contributed by atoms with Gasteiger partial charge in [-0.2, -0.15) is 20.5 Å². The summed E-state index contributed by atoms with van der Waals surface area (Å²) < 4.78 is 81.6. The van der Waals surface area contributed by atoms with Gasteiger partial charge in [-0.05, 0) is 0 Å². The van der Waals surface area contributed by atoms with Gasteiger partial charge in [0, 0.05) is 0 Å². The highest BCUT2D eigenvalue weighted by atomic mass is 19.2. The minimum absolute atomic E-state index is 0.994. The lowest BCUT2D eigenvalue weighted by Gasteiger charge is -2.18. The summed E-state index contributed by atoms with van der Waals surface area (Å²) in [7, 11) is 0. The van der Waals surface area contributed by atoms with Crippen molar-refractivity contribution in [3.8, 4) is 12.4 Å². The van der Waals surface area contributed by atoms with Gasteiger partial charge >= 0.3 is 0 Å². The molecule has 22 heavy (non-hydrogen) atoms. The molecule has 0 amide bonds. The monoisotopic (exact) mass is 314 g/mol. The highest BCUT2D eigenvalue weighted by molar-refractivity contribution is 6.29. The molecule has 0 atom stereocenters. The van der Waals surface area contributed by atoms with Gasteiger partial charge in [0.2, 0.25) is 12.4 Å². The van der Waals surface area contributed by atoms with Crippen LogP contribution in [-0.2, 0) is 0 Å². The number of rotatable bonds is 0. The van der Waals surface area contributed by atoms with Crippen LogP contribution in [0.25, 0.3) is 0 Å². The van der Waals surface area contributed by atoms with Gasteiger partial charge in [-0.15, -0.1) is 0 Å². The number of nitrogens with zero attached hydrogens (tertiary/aromatic N) is 4. The topological polar surface area (TPSA) is 72.3 Å². The Morgan fingerprint density at radius 1 is 0.591 bits per heavy atom. The van der Waals surface area contributed by atoms with E-state index in [0.717, 1.165) is 12.4 Å². The Kier molecular flexibility index (Phi) is 3.70. The van der Waals surface area contributed by atoms with Crippen molar-refractivity contribution in [1.82, 2.24) is 0 Å². The number of halogens is 6. The van der Waals surface area contributed by atoms with Crippen molar-refractivity contribution >= 4 is 11.4 Å². The third kappa shape index (κ3) is 1.93. The maximum absolute atomic E-state index is 13.8. The van der Waals surface area contributed by atoms with E-state index in [2.05, 4.69) is 9.98 Å². The Balaban J connectivity index is 3.09. The van der Waals surface area contributed by atoms with Gasteiger partial charge in [0.05, 0.1) is 11.1 Å². The SMILES string of the molecule is N#CN=C1C(F)=C(F)C(=NC#N)c2c(F)c(F)c(F)c(F)c21. The highest BCUT2D eigenvalue weighted by Crippen LogP contribution is 2.35. The fourth-order valence-electron chi connectivity index (χ4n) is 1.81. The zero-order valence-electron chi connectivity index (χ0n) is 10.1. The Morgan fingerprint density at radius 3 is 1.18 bits per heavy atom. The maximum atomic E-state index is 13.8. The molecule has 0 unspecified atom stereocenters. The first-order chi connectivity index (χ1) is 10.4. The van der Waals surface area contributed by atoms with Crippen LogP contribution in [0, 0.1) is 46.2 Å². The summed E-state index contributed by atoms with van der Waals surface area (Å²) in [6.45, 7) is 0. The lowest BCUT2D eigenvalue weighted by atomic mass is 9.90. The molecule has 0 aliphatic heterocycles. The van der Waals surface area contributed by atoms with Gasteiger partial charge < -0.3 is 0 Å². The molecular formula is C12F6N4. The van der Waals surface area contributed by atoms with Crippen molar-refractivity contribution in [2.75, 3.05) is 0 Å². The molecular weight excluding hydrogens is 314 g/mol. The molecule has 0 fully saturated rings. The van der Waals surface area contributed by atoms with E-state index in [4.69, 9.17) is 10.5 Å². The van der Waals surface area contributed by atoms with Crippen LogP contribution in [-0.4, -0.2) is 11.4 Å². The third-order valence-electron chi connectivity index (χ3n) is 2.67. The van der Waals surface area contributed by atoms with E-state index in [0.29, 0.717) is 0 Å². The van der Waals surface area contributed by atoms with E-state index in [9.17, 15) is 26.3 Å². The van der Waals surface area contributed by atoms with Crippen LogP contribution in [0.1, 0.15) is 11.1 Å². The lowest BCUT2D eigenvalue weighted by Crippen LogP contribution is -2.25. The number of fused-ring (bicyclic) bond motifs is 1. The average Bonchev–Trinajstić information content (AvgIpc) is 2.50. The van der Waals surface area contributed by atoms with Gasteiger partial charge in [0.1, 0.15) is 11.4 Å². The summed E-state index contributed by atoms with van der Waals surface area (Å²) in [5, 5.41) is 16.8. The standard InChI is InChI=1S/C12F6N4/c13-5-3-4(6(14)8(16)7(5)15)12(22-2-20)10(18)9(17)11(3)21-1-19. The first kappa shape index (κ1) is 15.3. The molecule has 0 saturated carbocycles. The van der Waals surface area contributed by atoms with Crippen molar-refractivity contribution in [3.05, 3.63) is 46.0 Å². The zero-order chi connectivity index (χ0) is 16.6. The lowest BCUT2D eigenvalue weighted by molar-refractivity contribution is 0.406. The molecule has 0 radical (unpaired) electrons. The molecule has 10 heteroatoms. The Bertz CT molecular complexity index is 798. The van der Waals surface area contributed by atoms with Gasteiger partial charge in [0.15, 0.2) is 34.9 Å². The minimum atomic E-state index is -2.31. The van der Waals surface area contributed by atoms with E-state index in [1.807, 2.05) is 0 Å². The minimum Gasteiger partial charge on any atom is -0.203 e. The van der Waals surface area contributed by atoms with Crippen molar-refractivity contribution < 1.29 is 26.3 Å². The van der Waals surface area contributed by atoms with Gasteiger partial charge in [-0.3, -0.25) is 0 Å². The van der Waals surface area contributed by atoms with Crippen molar-refractivity contribution in [1.29, 1.82) is 10.5 Å². The second kappa shape index (κ2) is 5.33. The molecule has 0 heterocycles. The predicted octanol–water partition coefficient (Wildman–Crippen LogP) is 2.95. The molecule has 2 rings (SSSR count). The molecule has 1 aliphatic rings. The van der Waals surface area contributed by atoms with Crippen LogP contribution in [0.4, 0.5) is 26.3 Å². The summed E-state index contributed by atoms with van der Waals surface area (Å²) in [5.41, 5.74) is -5.43. The largest absolute Gasteiger partial charge is 0.206 e. The fraction of sp³-hybridized carbons (Fsp3) is 0. The first-order valence-corrected chi connectivity index (χ1v) is 5.23. The number of hydrogen-bond acceptors (Lipinski definition) is 4. The third-order valence-corrected chi connectivity index (χ3v) is 2.67. The maximum Gasteiger partial charge on any atom is 0.206 e. The molecule has 0 bridgehead atoms. The molecule has 4 nitrogen and oxygen atoms in total. The second-order valence-corrected chi connectivity index (χ2v) is 3.75. The van der Waals surface area contributed by atoms with Gasteiger partial charge in [-0.25, -0.2) is 26.3 Å². The molecule has 1 aliphatic carbocycles. The first-order valence-electron chi connectivity index (χ1n) is 5.23. The summed E-state index contributed by atoms with van der Waals surface area (Å²) in [6, 6.07) is 0. The van der Waals surface area contributed by atoms with E-state index in [-0.39, 0.29) is 0 Å². The molecule has 1 aromatic rings. The molecule has 0 aromatic heterocycles. The number of nitriles is 2. The number of allylic oxidation sites excluding steroid dienone is 2. The van der Waals surface area contributed by atoms with E-state index in [1.54, 1.807) is 0 Å². The van der Waals surface area contributed by atoms with Crippen molar-refractivity contribution in [3.63, 3.8) is 0 Å². The van der Waals surface area contributed by atoms with Crippen LogP contribution >= 0.6 is 0 Å². The van der Waals surface area contributed by atoms with Crippen LogP contribution in [0.2, 0.25) is 0 Å². The quantitative estimate of drug-likeness (QED) is 0.320. The Labute approximate surface area is 117 Å². The predicted molar refractivity (Wildman–Crippen MR) is 59.8 cm³/mol. The molecule has 0 saturated heterocycles. The van der Waals surface area contributed by atoms with Crippen LogP contribution < -0.4 is 0 Å². The number of benzene rings is 1. The molecule has 0 N–H and O–H groups in total. The summed E-state index contributed by atoms with van der Waals surface area (Å²) in [5.74, 6) is -12.8. The van der Waals surface area contributed by atoms with Crippen LogP contribution in [0.15, 0.2) is 21.6 Å². The van der Waals surface area contributed by atoms with Crippen LogP contribution in [0.3, 0.4) is 0 Å². The average molecular weight is 314 g/mol. The highest BCUT2D eigenvalue weighted by Gasteiger charge is 2.39. The molecule has 0 spiro atoms. The smallest absolute Gasteiger partial charge is 0.203 e. The van der Waals surface area contributed by atoms with Gasteiger partial charge in [0.25, 0.3) is 0 Å². The Hall–Kier alpha value is -3.14. The zero-order valence-corrected chi connectivity index (χ0v) is 10.1. The van der Waals surface area contributed by atoms with Crippen molar-refractivity contribution in [2.45, 2.75) is 0 Å². The Morgan fingerprint density at radius 2 is 0.909 bits per heavy atom. The number of hydrogen-bond donors (Lipinski definition) is 0. The van der Waals surface area contributed by atoms with E-state index >= 15 is 0 Å². The summed E-state index contributed by atoms with van der Waals surface area (Å²) in [4.78, 5) is 5.48. The molecule has 110 valence electrons. The second-order valence-electron chi connectivity index (χ2n) is 3.75. The summed E-state index contributed by atoms with van der Waals surface area (Å²) in [6.07, 6.45) is 1.99. The van der Waals surface area contributed by atoms with E-state index in [1.165, 1.54) is 0 Å². The van der Waals surface area contributed by atoms with Crippen LogP contribution in [0.5, 0.6) is 0 Å².